The molecule has 2 aromatic rings. The van der Waals surface area contributed by atoms with Gasteiger partial charge in [-0.3, -0.25) is 4.79 Å². The Morgan fingerprint density at radius 2 is 2.04 bits per heavy atom. The Hall–Kier alpha value is -2.01. The number of aryl methyl sites for hydroxylation is 2. The van der Waals surface area contributed by atoms with E-state index in [0.29, 0.717) is 23.7 Å². The summed E-state index contributed by atoms with van der Waals surface area (Å²) in [6.07, 6.45) is 2.06. The highest BCUT2D eigenvalue weighted by Crippen LogP contribution is 2.28. The molecule has 1 aromatic heterocycles. The SMILES string of the molecule is CCCCC(NC(=O)c1c(C)c2cc(Cl)ccc2n1CC)C(=O)O. The van der Waals surface area contributed by atoms with Crippen LogP contribution in [0.3, 0.4) is 0 Å². The van der Waals surface area contributed by atoms with Crippen molar-refractivity contribution in [3.8, 4) is 0 Å². The van der Waals surface area contributed by atoms with Crippen molar-refractivity contribution in [3.63, 3.8) is 0 Å². The molecule has 1 amide bonds. The first kappa shape index (κ1) is 18.3. The molecule has 0 fully saturated rings. The van der Waals surface area contributed by atoms with E-state index in [0.717, 1.165) is 29.3 Å². The van der Waals surface area contributed by atoms with Crippen molar-refractivity contribution in [1.29, 1.82) is 0 Å². The number of nitrogens with zero attached hydrogens (tertiary/aromatic N) is 1. The van der Waals surface area contributed by atoms with Crippen LogP contribution in [0, 0.1) is 6.92 Å². The highest BCUT2D eigenvalue weighted by Gasteiger charge is 2.25. The third-order valence-corrected chi connectivity index (χ3v) is 4.49. The average Bonchev–Trinajstić information content (AvgIpc) is 2.82. The third kappa shape index (κ3) is 3.56. The Balaban J connectivity index is 2.41. The fourth-order valence-corrected chi connectivity index (χ4v) is 3.18. The summed E-state index contributed by atoms with van der Waals surface area (Å²) >= 11 is 6.07. The smallest absolute Gasteiger partial charge is 0.326 e. The van der Waals surface area contributed by atoms with E-state index in [-0.39, 0.29) is 5.91 Å². The van der Waals surface area contributed by atoms with Crippen molar-refractivity contribution in [2.75, 3.05) is 0 Å². The number of benzene rings is 1. The summed E-state index contributed by atoms with van der Waals surface area (Å²) in [5, 5.41) is 13.5. The highest BCUT2D eigenvalue weighted by molar-refractivity contribution is 6.31. The van der Waals surface area contributed by atoms with E-state index in [9.17, 15) is 14.7 Å². The van der Waals surface area contributed by atoms with E-state index in [1.807, 2.05) is 37.5 Å². The van der Waals surface area contributed by atoms with Gasteiger partial charge in [-0.2, -0.15) is 0 Å². The van der Waals surface area contributed by atoms with Crippen molar-refractivity contribution >= 4 is 34.4 Å². The summed E-state index contributed by atoms with van der Waals surface area (Å²) in [5.41, 5.74) is 2.23. The number of unbranched alkanes of at least 4 members (excludes halogenated alkanes) is 1. The van der Waals surface area contributed by atoms with Crippen LogP contribution in [0.25, 0.3) is 10.9 Å². The van der Waals surface area contributed by atoms with Gasteiger partial charge in [-0.1, -0.05) is 31.4 Å². The molecule has 1 heterocycles. The number of aromatic nitrogens is 1. The maximum atomic E-state index is 12.7. The lowest BCUT2D eigenvalue weighted by molar-refractivity contribution is -0.139. The maximum absolute atomic E-state index is 12.7. The predicted molar refractivity (Wildman–Crippen MR) is 95.8 cm³/mol. The number of rotatable bonds is 7. The first-order valence-corrected chi connectivity index (χ1v) is 8.60. The number of carboxylic acid groups (broad SMARTS) is 1. The number of carbonyl (C=O) groups excluding carboxylic acids is 1. The second kappa shape index (κ2) is 7.71. The molecule has 0 aliphatic rings. The first-order chi connectivity index (χ1) is 11.4. The van der Waals surface area contributed by atoms with E-state index in [2.05, 4.69) is 5.32 Å². The molecule has 5 nitrogen and oxygen atoms in total. The minimum absolute atomic E-state index is 0.356. The Kier molecular flexibility index (Phi) is 5.89. The van der Waals surface area contributed by atoms with Gasteiger partial charge in [-0.25, -0.2) is 4.79 Å². The molecule has 1 atom stereocenters. The topological polar surface area (TPSA) is 71.3 Å². The van der Waals surface area contributed by atoms with Crippen molar-refractivity contribution in [2.45, 2.75) is 52.6 Å². The summed E-state index contributed by atoms with van der Waals surface area (Å²) in [6.45, 7) is 6.42. The highest BCUT2D eigenvalue weighted by atomic mass is 35.5. The fraction of sp³-hybridized carbons (Fsp3) is 0.444. The number of carboxylic acids is 1. The van der Waals surface area contributed by atoms with Crippen LogP contribution in [-0.4, -0.2) is 27.6 Å². The van der Waals surface area contributed by atoms with Gasteiger partial charge in [0, 0.05) is 22.5 Å². The van der Waals surface area contributed by atoms with E-state index in [4.69, 9.17) is 11.6 Å². The van der Waals surface area contributed by atoms with Crippen molar-refractivity contribution < 1.29 is 14.7 Å². The molecule has 0 bridgehead atoms. The van der Waals surface area contributed by atoms with Gasteiger partial charge < -0.3 is 15.0 Å². The summed E-state index contributed by atoms with van der Waals surface area (Å²) in [7, 11) is 0. The van der Waals surface area contributed by atoms with Gasteiger partial charge >= 0.3 is 5.97 Å². The van der Waals surface area contributed by atoms with Crippen LogP contribution < -0.4 is 5.32 Å². The molecule has 0 saturated carbocycles. The average molecular weight is 351 g/mol. The molecule has 1 unspecified atom stereocenters. The van der Waals surface area contributed by atoms with Gasteiger partial charge in [-0.15, -0.1) is 0 Å². The molecule has 2 N–H and O–H groups in total. The van der Waals surface area contributed by atoms with Crippen molar-refractivity contribution in [1.82, 2.24) is 9.88 Å². The monoisotopic (exact) mass is 350 g/mol. The normalized spacial score (nSPS) is 12.3. The van der Waals surface area contributed by atoms with Gasteiger partial charge in [0.25, 0.3) is 5.91 Å². The molecule has 0 spiro atoms. The van der Waals surface area contributed by atoms with Crippen molar-refractivity contribution in [2.24, 2.45) is 0 Å². The van der Waals surface area contributed by atoms with Gasteiger partial charge in [0.15, 0.2) is 0 Å². The van der Waals surface area contributed by atoms with E-state index >= 15 is 0 Å². The molecular weight excluding hydrogens is 328 g/mol. The lowest BCUT2D eigenvalue weighted by Gasteiger charge is -2.15. The minimum Gasteiger partial charge on any atom is -0.480 e. The largest absolute Gasteiger partial charge is 0.480 e. The minimum atomic E-state index is -1.00. The summed E-state index contributed by atoms with van der Waals surface area (Å²) in [5.74, 6) is -1.36. The summed E-state index contributed by atoms with van der Waals surface area (Å²) in [4.78, 5) is 24.1. The van der Waals surface area contributed by atoms with Crippen LogP contribution in [0.2, 0.25) is 5.02 Å². The summed E-state index contributed by atoms with van der Waals surface area (Å²) < 4.78 is 1.90. The zero-order chi connectivity index (χ0) is 17.9. The van der Waals surface area contributed by atoms with Gasteiger partial charge in [0.05, 0.1) is 0 Å². The maximum Gasteiger partial charge on any atom is 0.326 e. The Morgan fingerprint density at radius 3 is 2.62 bits per heavy atom. The Morgan fingerprint density at radius 1 is 1.33 bits per heavy atom. The van der Waals surface area contributed by atoms with Gasteiger partial charge in [0.1, 0.15) is 11.7 Å². The molecule has 0 radical (unpaired) electrons. The lowest BCUT2D eigenvalue weighted by Crippen LogP contribution is -2.41. The standard InChI is InChI=1S/C18H23ClN2O3/c1-4-6-7-14(18(23)24)20-17(22)16-11(3)13-10-12(19)8-9-15(13)21(16)5-2/h8-10,14H,4-7H2,1-3H3,(H,20,22)(H,23,24). The molecule has 6 heteroatoms. The number of hydrogen-bond acceptors (Lipinski definition) is 2. The molecule has 0 saturated heterocycles. The number of nitrogens with one attached hydrogen (secondary N) is 1. The molecule has 0 aliphatic carbocycles. The summed E-state index contributed by atoms with van der Waals surface area (Å²) in [6, 6.07) is 4.64. The van der Waals surface area contributed by atoms with Crippen molar-refractivity contribution in [3.05, 3.63) is 34.5 Å². The van der Waals surface area contributed by atoms with Gasteiger partial charge in [0.2, 0.25) is 0 Å². The molecule has 130 valence electrons. The lowest BCUT2D eigenvalue weighted by atomic mass is 10.1. The van der Waals surface area contributed by atoms with Crippen LogP contribution in [0.1, 0.15) is 49.2 Å². The van der Waals surface area contributed by atoms with E-state index < -0.39 is 12.0 Å². The quantitative estimate of drug-likeness (QED) is 0.792. The fourth-order valence-electron chi connectivity index (χ4n) is 3.01. The number of halogens is 1. The second-order valence-electron chi connectivity index (χ2n) is 5.89. The molecule has 0 aliphatic heterocycles. The van der Waals surface area contributed by atoms with Gasteiger partial charge in [-0.05, 0) is 44.0 Å². The number of aliphatic carboxylic acids is 1. The number of carbonyl (C=O) groups is 2. The Labute approximate surface area is 146 Å². The van der Waals surface area contributed by atoms with Crippen LogP contribution >= 0.6 is 11.6 Å². The van der Waals surface area contributed by atoms with Crippen LogP contribution in [0.5, 0.6) is 0 Å². The van der Waals surface area contributed by atoms with Crippen LogP contribution in [-0.2, 0) is 11.3 Å². The first-order valence-electron chi connectivity index (χ1n) is 8.22. The molecule has 1 aromatic carbocycles. The molecule has 24 heavy (non-hydrogen) atoms. The third-order valence-electron chi connectivity index (χ3n) is 4.26. The number of amides is 1. The number of hydrogen-bond donors (Lipinski definition) is 2. The molecule has 2 rings (SSSR count). The second-order valence-corrected chi connectivity index (χ2v) is 6.32. The van der Waals surface area contributed by atoms with Crippen LogP contribution in [0.15, 0.2) is 18.2 Å². The Bertz CT molecular complexity index is 767. The predicted octanol–water partition coefficient (Wildman–Crippen LogP) is 4.00. The molecular formula is C18H23ClN2O3. The van der Waals surface area contributed by atoms with E-state index in [1.54, 1.807) is 6.07 Å². The zero-order valence-corrected chi connectivity index (χ0v) is 15.0. The van der Waals surface area contributed by atoms with E-state index in [1.165, 1.54) is 0 Å². The number of fused-ring (bicyclic) bond motifs is 1. The zero-order valence-electron chi connectivity index (χ0n) is 14.2. The van der Waals surface area contributed by atoms with Crippen LogP contribution in [0.4, 0.5) is 0 Å².